The summed E-state index contributed by atoms with van der Waals surface area (Å²) in [6.45, 7) is 0. The first-order valence-electron chi connectivity index (χ1n) is 25.6. The Morgan fingerprint density at radius 1 is 0.354 bits per heavy atom. The van der Waals surface area contributed by atoms with E-state index < -0.39 is 0 Å². The van der Waals surface area contributed by atoms with Crippen LogP contribution in [0.5, 0.6) is 0 Å². The minimum Gasteiger partial charge on any atom is -0.289 e. The fraction of sp³-hybridized carbons (Fsp3) is 0.387. The van der Waals surface area contributed by atoms with Crippen LogP contribution in [0.4, 0.5) is 0 Å². The molecule has 0 saturated heterocycles. The quantitative estimate of drug-likeness (QED) is 0.156. The smallest absolute Gasteiger partial charge is 0.185 e. The van der Waals surface area contributed by atoms with Crippen LogP contribution in [0.25, 0.3) is 32.7 Å². The molecule has 0 bridgehead atoms. The van der Waals surface area contributed by atoms with E-state index in [-0.39, 0.29) is 0 Å². The Kier molecular flexibility index (Phi) is 12.4. The van der Waals surface area contributed by atoms with Gasteiger partial charge in [0.25, 0.3) is 0 Å². The van der Waals surface area contributed by atoms with Crippen LogP contribution < -0.4 is 0 Å². The summed E-state index contributed by atoms with van der Waals surface area (Å²) in [5.74, 6) is 1.92. The van der Waals surface area contributed by atoms with Gasteiger partial charge < -0.3 is 0 Å². The second-order valence-corrected chi connectivity index (χ2v) is 21.4. The van der Waals surface area contributed by atoms with Gasteiger partial charge in [-0.1, -0.05) is 162 Å². The van der Waals surface area contributed by atoms with Crippen LogP contribution in [0.15, 0.2) is 155 Å². The summed E-state index contributed by atoms with van der Waals surface area (Å²) in [4.78, 5) is 32.1. The lowest BCUT2D eigenvalue weighted by molar-refractivity contribution is -0.114. The third-order valence-corrected chi connectivity index (χ3v) is 17.4. The highest BCUT2D eigenvalue weighted by Crippen LogP contribution is 2.48. The number of Topliss-reactive ketones (excluding diaryl/α,β-unsaturated/α-hetero) is 2. The zero-order chi connectivity index (χ0) is 43.7. The molecule has 1 aromatic heterocycles. The summed E-state index contributed by atoms with van der Waals surface area (Å²) < 4.78 is 0. The van der Waals surface area contributed by atoms with E-state index >= 15 is 0 Å². The van der Waals surface area contributed by atoms with E-state index in [1.165, 1.54) is 142 Å². The van der Waals surface area contributed by atoms with Crippen LogP contribution in [0.1, 0.15) is 149 Å². The molecule has 4 aromatic carbocycles. The monoisotopic (exact) mass is 872 g/mol. The molecule has 0 atom stereocenters. The van der Waals surface area contributed by atoms with E-state index in [2.05, 4.69) is 121 Å². The second kappa shape index (κ2) is 19.0. The van der Waals surface area contributed by atoms with Gasteiger partial charge in [-0.15, -0.1) is 11.3 Å². The van der Waals surface area contributed by atoms with Crippen LogP contribution in [0.2, 0.25) is 0 Å². The van der Waals surface area contributed by atoms with Crippen LogP contribution in [-0.2, 0) is 9.59 Å². The van der Waals surface area contributed by atoms with Crippen molar-refractivity contribution in [2.24, 2.45) is 23.7 Å². The van der Waals surface area contributed by atoms with Gasteiger partial charge in [-0.2, -0.15) is 0 Å². The van der Waals surface area contributed by atoms with E-state index in [1.54, 1.807) is 0 Å². The highest BCUT2D eigenvalue weighted by atomic mass is 32.1. The molecule has 0 N–H and O–H groups in total. The first-order chi connectivity index (χ1) is 32.1. The van der Waals surface area contributed by atoms with E-state index in [1.807, 2.05) is 11.3 Å². The molecule has 3 heteroatoms. The van der Waals surface area contributed by atoms with Crippen LogP contribution in [-0.4, -0.2) is 11.6 Å². The largest absolute Gasteiger partial charge is 0.289 e. The number of fused-ring (bicyclic) bond motifs is 2. The Hall–Kier alpha value is -5.12. The maximum Gasteiger partial charge on any atom is 0.185 e. The molecule has 0 amide bonds. The van der Waals surface area contributed by atoms with Crippen molar-refractivity contribution in [2.75, 3.05) is 0 Å². The van der Waals surface area contributed by atoms with Crippen LogP contribution in [0, 0.1) is 23.7 Å². The van der Waals surface area contributed by atoms with Gasteiger partial charge in [-0.3, -0.25) is 9.59 Å². The standard InChI is InChI=1S/C62H64O2S/c63-61-53(43-19-5-1-6-20-43)37-47(38-54(61)44-21-7-2-8-22-44)59(51-33-17-29-41-27-13-15-31-49(41)51)57-35-36-58(65-57)60(52-34-18-30-42-28-14-16-32-50(42)52)48-39-55(45-23-9-3-10-24-45)62(64)56(40-48)46-25-11-4-12-26-46/h13-18,27-40,43-46H,1-12,19-26H2. The Balaban J connectivity index is 1.17. The number of benzene rings is 4. The van der Waals surface area contributed by atoms with E-state index in [0.717, 1.165) is 73.7 Å². The lowest BCUT2D eigenvalue weighted by Gasteiger charge is -2.31. The van der Waals surface area contributed by atoms with Gasteiger partial charge in [0, 0.05) is 43.2 Å². The van der Waals surface area contributed by atoms with Gasteiger partial charge in [-0.05, 0) is 155 Å². The normalized spacial score (nSPS) is 21.0. The summed E-state index contributed by atoms with van der Waals surface area (Å²) in [6.07, 6.45) is 32.9. The number of carbonyl (C=O) groups excluding carboxylic acids is 2. The van der Waals surface area contributed by atoms with Crippen molar-refractivity contribution in [1.29, 1.82) is 0 Å². The first-order valence-corrected chi connectivity index (χ1v) is 26.4. The molecular weight excluding hydrogens is 809 g/mol. The van der Waals surface area contributed by atoms with Crippen molar-refractivity contribution in [3.8, 4) is 0 Å². The molecule has 11 rings (SSSR count). The topological polar surface area (TPSA) is 34.1 Å². The minimum absolute atomic E-state index is 0.318. The summed E-state index contributed by atoms with van der Waals surface area (Å²) >= 11 is 1.89. The number of hydrogen-bond donors (Lipinski definition) is 0. The number of ketones is 2. The third-order valence-electron chi connectivity index (χ3n) is 16.3. The van der Waals surface area contributed by atoms with Crippen molar-refractivity contribution in [3.05, 3.63) is 176 Å². The molecule has 4 fully saturated rings. The third kappa shape index (κ3) is 8.48. The number of rotatable bonds is 8. The SMILES string of the molecule is O=C1C(C2CCCCC2)=CC(=C(c2ccc(C(=C3C=C(C4CCCCC4)C(=O)C(C4CCCCC4)=C3)c3cccc4ccccc34)s2)c2cccc3ccccc23)C=C1C1CCCCC1. The molecule has 0 spiro atoms. The molecule has 65 heavy (non-hydrogen) atoms. The number of allylic oxidation sites excluding steroid dienone is 10. The van der Waals surface area contributed by atoms with E-state index in [9.17, 15) is 9.59 Å². The fourth-order valence-corrected chi connectivity index (χ4v) is 14.0. The number of hydrogen-bond acceptors (Lipinski definition) is 3. The Bertz CT molecular complexity index is 2540. The molecule has 0 unspecified atom stereocenters. The second-order valence-electron chi connectivity index (χ2n) is 20.3. The Labute approximate surface area is 391 Å². The van der Waals surface area contributed by atoms with Gasteiger partial charge >= 0.3 is 0 Å². The maximum absolute atomic E-state index is 14.8. The van der Waals surface area contributed by atoms with Crippen molar-refractivity contribution >= 4 is 55.6 Å². The van der Waals surface area contributed by atoms with E-state index in [0.29, 0.717) is 35.2 Å². The Morgan fingerprint density at radius 3 is 1.00 bits per heavy atom. The highest BCUT2D eigenvalue weighted by Gasteiger charge is 2.35. The van der Waals surface area contributed by atoms with Crippen molar-refractivity contribution in [2.45, 2.75) is 128 Å². The van der Waals surface area contributed by atoms with Gasteiger partial charge in [0.1, 0.15) is 0 Å². The number of carbonyl (C=O) groups is 2. The predicted octanol–water partition coefficient (Wildman–Crippen LogP) is 16.9. The van der Waals surface area contributed by atoms with Crippen molar-refractivity contribution < 1.29 is 9.59 Å². The molecule has 4 saturated carbocycles. The molecule has 5 aromatic rings. The molecule has 6 aliphatic rings. The fourth-order valence-electron chi connectivity index (χ4n) is 12.9. The zero-order valence-corrected chi connectivity index (χ0v) is 39.0. The van der Waals surface area contributed by atoms with Gasteiger partial charge in [0.15, 0.2) is 11.6 Å². The van der Waals surface area contributed by atoms with Crippen molar-refractivity contribution in [3.63, 3.8) is 0 Å². The van der Waals surface area contributed by atoms with Gasteiger partial charge in [0.05, 0.1) is 0 Å². The average molecular weight is 873 g/mol. The first kappa shape index (κ1) is 42.5. The van der Waals surface area contributed by atoms with E-state index in [4.69, 9.17) is 0 Å². The molecule has 330 valence electrons. The highest BCUT2D eigenvalue weighted by molar-refractivity contribution is 7.14. The average Bonchev–Trinajstić information content (AvgIpc) is 3.85. The lowest BCUT2D eigenvalue weighted by Crippen LogP contribution is -2.25. The molecule has 6 aliphatic carbocycles. The molecule has 2 nitrogen and oxygen atoms in total. The molecule has 1 heterocycles. The predicted molar refractivity (Wildman–Crippen MR) is 273 cm³/mol. The number of thiophene rings is 1. The summed E-state index contributed by atoms with van der Waals surface area (Å²) in [5.41, 5.74) is 11.5. The molecular formula is C62H64O2S. The summed E-state index contributed by atoms with van der Waals surface area (Å²) in [7, 11) is 0. The van der Waals surface area contributed by atoms with Gasteiger partial charge in [0.2, 0.25) is 0 Å². The minimum atomic E-state index is 0.318. The zero-order valence-electron chi connectivity index (χ0n) is 38.2. The van der Waals surface area contributed by atoms with Gasteiger partial charge in [-0.25, -0.2) is 0 Å². The summed E-state index contributed by atoms with van der Waals surface area (Å²) in [5, 5.41) is 4.93. The molecule has 0 radical (unpaired) electrons. The van der Waals surface area contributed by atoms with Crippen LogP contribution >= 0.6 is 11.3 Å². The maximum atomic E-state index is 14.8. The Morgan fingerprint density at radius 2 is 0.662 bits per heavy atom. The molecule has 0 aliphatic heterocycles. The van der Waals surface area contributed by atoms with Crippen molar-refractivity contribution in [1.82, 2.24) is 0 Å². The lowest BCUT2D eigenvalue weighted by atomic mass is 9.72. The van der Waals surface area contributed by atoms with Crippen LogP contribution in [0.3, 0.4) is 0 Å². The summed E-state index contributed by atoms with van der Waals surface area (Å²) in [6, 6.07) is 35.9.